The summed E-state index contributed by atoms with van der Waals surface area (Å²) in [6, 6.07) is 0. The lowest BCUT2D eigenvalue weighted by atomic mass is 10.3. The summed E-state index contributed by atoms with van der Waals surface area (Å²) in [5.74, 6) is -0.782. The fourth-order valence-electron chi connectivity index (χ4n) is 1.79. The van der Waals surface area contributed by atoms with Crippen molar-refractivity contribution in [1.29, 1.82) is 0 Å². The average Bonchev–Trinajstić information content (AvgIpc) is 3.03. The number of ether oxygens (including phenoxy) is 1. The predicted molar refractivity (Wildman–Crippen MR) is 54.7 cm³/mol. The van der Waals surface area contributed by atoms with E-state index in [1.807, 2.05) is 0 Å². The van der Waals surface area contributed by atoms with E-state index in [9.17, 15) is 9.36 Å². The van der Waals surface area contributed by atoms with E-state index in [1.54, 1.807) is 6.08 Å². The lowest BCUT2D eigenvalue weighted by Gasteiger charge is -2.22. The van der Waals surface area contributed by atoms with Crippen LogP contribution in [0.3, 0.4) is 0 Å². The Morgan fingerprint density at radius 3 is 2.27 bits per heavy atom. The molecule has 0 aromatic rings. The van der Waals surface area contributed by atoms with Crippen molar-refractivity contribution in [2.75, 3.05) is 21.3 Å². The Morgan fingerprint density at radius 1 is 1.47 bits per heavy atom. The third-order valence-corrected chi connectivity index (χ3v) is 5.41. The molecule has 0 spiro atoms. The van der Waals surface area contributed by atoms with E-state index >= 15 is 0 Å². The highest BCUT2D eigenvalue weighted by Crippen LogP contribution is 2.74. The lowest BCUT2D eigenvalue weighted by Crippen LogP contribution is -2.28. The highest BCUT2D eigenvalue weighted by Gasteiger charge is 2.72. The van der Waals surface area contributed by atoms with E-state index in [1.165, 1.54) is 21.3 Å². The minimum Gasteiger partial charge on any atom is -0.468 e. The zero-order valence-corrected chi connectivity index (χ0v) is 9.95. The van der Waals surface area contributed by atoms with Crippen molar-refractivity contribution in [3.8, 4) is 0 Å². The van der Waals surface area contributed by atoms with Gasteiger partial charge in [0.1, 0.15) is 0 Å². The molecule has 0 aliphatic heterocycles. The van der Waals surface area contributed by atoms with E-state index in [0.29, 0.717) is 6.42 Å². The zero-order chi connectivity index (χ0) is 11.7. The third-order valence-electron chi connectivity index (χ3n) is 2.78. The molecule has 5 nitrogen and oxygen atoms in total. The fraction of sp³-hybridized carbons (Fsp3) is 0.667. The summed E-state index contributed by atoms with van der Waals surface area (Å²) in [7, 11) is 0.299. The van der Waals surface area contributed by atoms with Crippen molar-refractivity contribution >= 4 is 13.6 Å². The molecule has 0 saturated heterocycles. The van der Waals surface area contributed by atoms with Gasteiger partial charge in [-0.05, 0) is 6.42 Å². The Hall–Kier alpha value is -0.640. The quantitative estimate of drug-likeness (QED) is 0.410. The molecular formula is C9H15O5P. The van der Waals surface area contributed by atoms with Gasteiger partial charge in [0.25, 0.3) is 0 Å². The van der Waals surface area contributed by atoms with Gasteiger partial charge in [0.05, 0.1) is 7.11 Å². The molecule has 0 aromatic carbocycles. The van der Waals surface area contributed by atoms with E-state index in [-0.39, 0.29) is 5.92 Å². The maximum absolute atomic E-state index is 12.2. The van der Waals surface area contributed by atoms with Crippen molar-refractivity contribution < 1.29 is 23.1 Å². The largest absolute Gasteiger partial charge is 0.468 e. The zero-order valence-electron chi connectivity index (χ0n) is 9.06. The Morgan fingerprint density at radius 2 is 2.00 bits per heavy atom. The first kappa shape index (κ1) is 12.4. The average molecular weight is 234 g/mol. The lowest BCUT2D eigenvalue weighted by molar-refractivity contribution is -0.141. The molecule has 6 heteroatoms. The van der Waals surface area contributed by atoms with Crippen LogP contribution in [0.4, 0.5) is 0 Å². The molecule has 0 amide bonds. The van der Waals surface area contributed by atoms with Gasteiger partial charge in [-0.3, -0.25) is 9.36 Å². The molecular weight excluding hydrogens is 219 g/mol. The predicted octanol–water partition coefficient (Wildman–Crippen LogP) is 1.59. The molecule has 86 valence electrons. The van der Waals surface area contributed by atoms with Gasteiger partial charge in [0, 0.05) is 20.1 Å². The van der Waals surface area contributed by atoms with Crippen molar-refractivity contribution in [2.24, 2.45) is 5.92 Å². The molecule has 2 atom stereocenters. The molecule has 1 aliphatic rings. The number of carbonyl (C=O) groups excluding carboxylic acids is 1. The van der Waals surface area contributed by atoms with Crippen LogP contribution < -0.4 is 0 Å². The molecule has 0 aromatic heterocycles. The Kier molecular flexibility index (Phi) is 3.38. The second kappa shape index (κ2) is 4.08. The summed E-state index contributed by atoms with van der Waals surface area (Å²) in [5, 5.41) is -1.19. The van der Waals surface area contributed by atoms with Gasteiger partial charge < -0.3 is 13.8 Å². The van der Waals surface area contributed by atoms with Crippen LogP contribution in [0.15, 0.2) is 12.7 Å². The van der Waals surface area contributed by atoms with Gasteiger partial charge in [-0.25, -0.2) is 0 Å². The van der Waals surface area contributed by atoms with Crippen LogP contribution >= 0.6 is 7.60 Å². The first-order valence-electron chi connectivity index (χ1n) is 4.45. The van der Waals surface area contributed by atoms with Gasteiger partial charge in [-0.1, -0.05) is 6.08 Å². The smallest absolute Gasteiger partial charge is 0.348 e. The van der Waals surface area contributed by atoms with E-state index in [0.717, 1.165) is 0 Å². The summed E-state index contributed by atoms with van der Waals surface area (Å²) < 4.78 is 26.6. The number of esters is 1. The number of methoxy groups -OCH3 is 1. The van der Waals surface area contributed by atoms with E-state index in [4.69, 9.17) is 9.05 Å². The van der Waals surface area contributed by atoms with Gasteiger partial charge in [-0.2, -0.15) is 0 Å². The van der Waals surface area contributed by atoms with Crippen molar-refractivity contribution in [1.82, 2.24) is 0 Å². The van der Waals surface area contributed by atoms with Crippen molar-refractivity contribution in [3.63, 3.8) is 0 Å². The summed E-state index contributed by atoms with van der Waals surface area (Å²) in [5.41, 5.74) is 0. The van der Waals surface area contributed by atoms with Crippen LogP contribution in [0.5, 0.6) is 0 Å². The van der Waals surface area contributed by atoms with Crippen LogP contribution in [0, 0.1) is 5.92 Å². The van der Waals surface area contributed by atoms with Crippen LogP contribution in [-0.2, 0) is 23.1 Å². The Bertz CT molecular complexity index is 318. The van der Waals surface area contributed by atoms with Crippen LogP contribution in [0.25, 0.3) is 0 Å². The third kappa shape index (κ3) is 1.55. The van der Waals surface area contributed by atoms with Crippen LogP contribution in [0.1, 0.15) is 6.42 Å². The molecule has 0 N–H and O–H groups in total. The summed E-state index contributed by atoms with van der Waals surface area (Å²) >= 11 is 0. The topological polar surface area (TPSA) is 61.8 Å². The van der Waals surface area contributed by atoms with E-state index < -0.39 is 18.7 Å². The minimum atomic E-state index is -3.46. The Balaban J connectivity index is 3.10. The standard InChI is InChI=1S/C9H15O5P/c1-5-7-6-9(7,8(10)12-2)15(11,13-3)14-4/h5,7H,1,6H2,2-4H3. The van der Waals surface area contributed by atoms with Gasteiger partial charge in [0.15, 0.2) is 5.16 Å². The molecule has 0 bridgehead atoms. The Labute approximate surface area is 88.9 Å². The maximum atomic E-state index is 12.2. The highest BCUT2D eigenvalue weighted by molar-refractivity contribution is 7.57. The molecule has 1 fully saturated rings. The summed E-state index contributed by atoms with van der Waals surface area (Å²) in [6.45, 7) is 3.58. The molecule has 2 unspecified atom stereocenters. The van der Waals surface area contributed by atoms with Gasteiger partial charge in [0.2, 0.25) is 0 Å². The number of hydrogen-bond donors (Lipinski definition) is 0. The second-order valence-electron chi connectivity index (χ2n) is 3.32. The first-order valence-corrected chi connectivity index (χ1v) is 5.99. The number of allylic oxidation sites excluding steroid dienone is 1. The first-order chi connectivity index (χ1) is 7.02. The molecule has 1 aliphatic carbocycles. The summed E-state index contributed by atoms with van der Waals surface area (Å²) in [4.78, 5) is 11.6. The van der Waals surface area contributed by atoms with Crippen molar-refractivity contribution in [2.45, 2.75) is 11.6 Å². The minimum absolute atomic E-state index is 0.212. The molecule has 15 heavy (non-hydrogen) atoms. The maximum Gasteiger partial charge on any atom is 0.348 e. The fourth-order valence-corrected chi connectivity index (χ4v) is 3.84. The monoisotopic (exact) mass is 234 g/mol. The summed E-state index contributed by atoms with van der Waals surface area (Å²) in [6.07, 6.45) is 1.96. The second-order valence-corrected chi connectivity index (χ2v) is 5.85. The number of rotatable bonds is 5. The van der Waals surface area contributed by atoms with Gasteiger partial charge >= 0.3 is 13.6 Å². The SMILES string of the molecule is C=CC1CC1(C(=O)OC)P(=O)(OC)OC. The number of carbonyl (C=O) groups is 1. The highest BCUT2D eigenvalue weighted by atomic mass is 31.2. The molecule has 1 rings (SSSR count). The molecule has 0 radical (unpaired) electrons. The number of hydrogen-bond acceptors (Lipinski definition) is 5. The van der Waals surface area contributed by atoms with Crippen LogP contribution in [0.2, 0.25) is 0 Å². The van der Waals surface area contributed by atoms with Crippen molar-refractivity contribution in [3.05, 3.63) is 12.7 Å². The van der Waals surface area contributed by atoms with E-state index in [2.05, 4.69) is 11.3 Å². The van der Waals surface area contributed by atoms with Crippen LogP contribution in [-0.4, -0.2) is 32.5 Å². The normalized spacial score (nSPS) is 29.7. The molecule has 1 saturated carbocycles. The van der Waals surface area contributed by atoms with Gasteiger partial charge in [-0.15, -0.1) is 6.58 Å². The molecule has 0 heterocycles.